The highest BCUT2D eigenvalue weighted by molar-refractivity contribution is 5.97. The van der Waals surface area contributed by atoms with Crippen LogP contribution in [-0.4, -0.2) is 50.2 Å². The maximum atomic E-state index is 12.6. The van der Waals surface area contributed by atoms with Gasteiger partial charge in [-0.05, 0) is 45.4 Å². The van der Waals surface area contributed by atoms with Crippen LogP contribution >= 0.6 is 0 Å². The molecular formula is C19H28N4O4. The molecule has 0 radical (unpaired) electrons. The normalized spacial score (nSPS) is 26.3. The van der Waals surface area contributed by atoms with Gasteiger partial charge in [0.15, 0.2) is 5.54 Å². The maximum absolute atomic E-state index is 12.6. The molecule has 1 aromatic rings. The zero-order valence-electron chi connectivity index (χ0n) is 16.1. The van der Waals surface area contributed by atoms with Crippen LogP contribution in [-0.2, 0) is 19.9 Å². The van der Waals surface area contributed by atoms with Crippen molar-refractivity contribution < 1.29 is 19.5 Å². The topological polar surface area (TPSA) is 105 Å². The Morgan fingerprint density at radius 3 is 2.56 bits per heavy atom. The number of carboxylic acids is 1. The number of carboxylic acid groups (broad SMARTS) is 1. The van der Waals surface area contributed by atoms with Crippen molar-refractivity contribution in [2.75, 3.05) is 11.9 Å². The van der Waals surface area contributed by atoms with Crippen molar-refractivity contribution in [3.63, 3.8) is 0 Å². The lowest BCUT2D eigenvalue weighted by molar-refractivity contribution is -0.146. The third-order valence-corrected chi connectivity index (χ3v) is 5.90. The Labute approximate surface area is 158 Å². The largest absolute Gasteiger partial charge is 0.479 e. The number of likely N-dealkylation sites (tertiary alicyclic amines) is 1. The van der Waals surface area contributed by atoms with Gasteiger partial charge < -0.3 is 15.3 Å². The molecular weight excluding hydrogens is 348 g/mol. The fraction of sp³-hybridized carbons (Fsp3) is 0.684. The van der Waals surface area contributed by atoms with E-state index >= 15 is 0 Å². The van der Waals surface area contributed by atoms with Crippen LogP contribution in [0, 0.1) is 11.8 Å². The molecule has 0 bridgehead atoms. The molecule has 1 atom stereocenters. The molecule has 27 heavy (non-hydrogen) atoms. The van der Waals surface area contributed by atoms with Crippen LogP contribution < -0.4 is 5.32 Å². The Balaban J connectivity index is 1.60. The number of nitrogens with zero attached hydrogens (tertiary/aromatic N) is 3. The first kappa shape index (κ1) is 19.4. The molecule has 2 aliphatic rings. The monoisotopic (exact) mass is 376 g/mol. The Morgan fingerprint density at radius 2 is 1.93 bits per heavy atom. The lowest BCUT2D eigenvalue weighted by atomic mass is 9.87. The second kappa shape index (κ2) is 7.32. The lowest BCUT2D eigenvalue weighted by Crippen LogP contribution is -2.39. The second-order valence-electron chi connectivity index (χ2n) is 8.39. The van der Waals surface area contributed by atoms with E-state index in [4.69, 9.17) is 0 Å². The molecule has 0 spiro atoms. The molecule has 1 unspecified atom stereocenters. The minimum atomic E-state index is -1.21. The number of carbonyl (C=O) groups is 3. The van der Waals surface area contributed by atoms with Gasteiger partial charge in [-0.3, -0.25) is 14.3 Å². The summed E-state index contributed by atoms with van der Waals surface area (Å²) in [4.78, 5) is 38.2. The Kier molecular flexibility index (Phi) is 5.26. The molecule has 0 aromatic carbocycles. The average molecular weight is 376 g/mol. The number of aromatic nitrogens is 2. The van der Waals surface area contributed by atoms with E-state index in [-0.39, 0.29) is 30.2 Å². The highest BCUT2D eigenvalue weighted by Gasteiger charge is 2.39. The van der Waals surface area contributed by atoms with E-state index in [1.807, 2.05) is 4.90 Å². The van der Waals surface area contributed by atoms with Crippen LogP contribution in [0.5, 0.6) is 0 Å². The van der Waals surface area contributed by atoms with Crippen molar-refractivity contribution in [3.05, 3.63) is 12.4 Å². The Morgan fingerprint density at radius 1 is 1.26 bits per heavy atom. The summed E-state index contributed by atoms with van der Waals surface area (Å²) >= 11 is 0. The van der Waals surface area contributed by atoms with E-state index in [0.29, 0.717) is 18.2 Å². The molecule has 1 aliphatic carbocycles. The summed E-state index contributed by atoms with van der Waals surface area (Å²) < 4.78 is 1.31. The quantitative estimate of drug-likeness (QED) is 0.818. The SMILES string of the molecule is CC1CCC(N2CC(C(=O)Nc3cnn(C(C)(C)C(=O)O)c3)CC2=O)CC1. The number of hydrogen-bond donors (Lipinski definition) is 2. The first-order valence-corrected chi connectivity index (χ1v) is 9.57. The number of nitrogens with one attached hydrogen (secondary N) is 1. The van der Waals surface area contributed by atoms with Gasteiger partial charge in [0.2, 0.25) is 11.8 Å². The van der Waals surface area contributed by atoms with E-state index in [1.54, 1.807) is 0 Å². The number of hydrogen-bond acceptors (Lipinski definition) is 4. The minimum Gasteiger partial charge on any atom is -0.479 e. The van der Waals surface area contributed by atoms with Gasteiger partial charge in [-0.15, -0.1) is 0 Å². The first-order valence-electron chi connectivity index (χ1n) is 9.57. The van der Waals surface area contributed by atoms with Crippen LogP contribution in [0.1, 0.15) is 52.9 Å². The minimum absolute atomic E-state index is 0.0532. The van der Waals surface area contributed by atoms with Gasteiger partial charge in [0.1, 0.15) is 0 Å². The van der Waals surface area contributed by atoms with Crippen molar-refractivity contribution in [2.24, 2.45) is 11.8 Å². The molecule has 2 N–H and O–H groups in total. The Hall–Kier alpha value is -2.38. The van der Waals surface area contributed by atoms with Crippen LogP contribution in [0.2, 0.25) is 0 Å². The molecule has 2 amide bonds. The van der Waals surface area contributed by atoms with Gasteiger partial charge in [0.05, 0.1) is 17.8 Å². The number of anilines is 1. The number of rotatable bonds is 5. The van der Waals surface area contributed by atoms with E-state index < -0.39 is 11.5 Å². The van der Waals surface area contributed by atoms with Crippen LogP contribution in [0.15, 0.2) is 12.4 Å². The smallest absolute Gasteiger partial charge is 0.331 e. The average Bonchev–Trinajstić information content (AvgIpc) is 3.23. The lowest BCUT2D eigenvalue weighted by Gasteiger charge is -2.33. The molecule has 2 heterocycles. The molecule has 1 aromatic heterocycles. The highest BCUT2D eigenvalue weighted by atomic mass is 16.4. The summed E-state index contributed by atoms with van der Waals surface area (Å²) in [5, 5.41) is 16.1. The molecule has 1 aliphatic heterocycles. The molecule has 2 fully saturated rings. The van der Waals surface area contributed by atoms with Gasteiger partial charge >= 0.3 is 5.97 Å². The van der Waals surface area contributed by atoms with Gasteiger partial charge in [0.25, 0.3) is 0 Å². The fourth-order valence-electron chi connectivity index (χ4n) is 3.85. The highest BCUT2D eigenvalue weighted by Crippen LogP contribution is 2.31. The molecule has 1 saturated heterocycles. The van der Waals surface area contributed by atoms with E-state index in [9.17, 15) is 19.5 Å². The van der Waals surface area contributed by atoms with Crippen LogP contribution in [0.4, 0.5) is 5.69 Å². The third-order valence-electron chi connectivity index (χ3n) is 5.90. The van der Waals surface area contributed by atoms with E-state index in [0.717, 1.165) is 25.7 Å². The van der Waals surface area contributed by atoms with Gasteiger partial charge in [0, 0.05) is 25.2 Å². The summed E-state index contributed by atoms with van der Waals surface area (Å²) in [5.41, 5.74) is -0.770. The molecule has 3 rings (SSSR count). The van der Waals surface area contributed by atoms with Crippen molar-refractivity contribution in [2.45, 2.75) is 64.5 Å². The summed E-state index contributed by atoms with van der Waals surface area (Å²) in [6.45, 7) is 5.77. The summed E-state index contributed by atoms with van der Waals surface area (Å²) in [6, 6.07) is 0.255. The number of amides is 2. The van der Waals surface area contributed by atoms with Gasteiger partial charge in [-0.1, -0.05) is 6.92 Å². The summed E-state index contributed by atoms with van der Waals surface area (Å²) in [7, 11) is 0. The van der Waals surface area contributed by atoms with Gasteiger partial charge in [-0.25, -0.2) is 4.79 Å². The standard InChI is InChI=1S/C19H28N4O4/c1-12-4-6-15(7-5-12)22-10-13(8-16(22)24)17(25)21-14-9-20-23(11-14)19(2,3)18(26)27/h9,11-13,15H,4-8,10H2,1-3H3,(H,21,25)(H,26,27). The van der Waals surface area contributed by atoms with Crippen molar-refractivity contribution in [1.29, 1.82) is 0 Å². The summed E-state index contributed by atoms with van der Waals surface area (Å²) in [6.07, 6.45) is 7.44. The summed E-state index contributed by atoms with van der Waals surface area (Å²) in [5.74, 6) is -0.847. The molecule has 8 heteroatoms. The van der Waals surface area contributed by atoms with Crippen molar-refractivity contribution >= 4 is 23.5 Å². The van der Waals surface area contributed by atoms with Gasteiger partial charge in [-0.2, -0.15) is 5.10 Å². The molecule has 148 valence electrons. The Bertz CT molecular complexity index is 734. The second-order valence-corrected chi connectivity index (χ2v) is 8.39. The van der Waals surface area contributed by atoms with Crippen LogP contribution in [0.25, 0.3) is 0 Å². The molecule has 8 nitrogen and oxygen atoms in total. The fourth-order valence-corrected chi connectivity index (χ4v) is 3.85. The van der Waals surface area contributed by atoms with Crippen molar-refractivity contribution in [3.8, 4) is 0 Å². The number of carbonyl (C=O) groups excluding carboxylic acids is 2. The van der Waals surface area contributed by atoms with Crippen LogP contribution in [0.3, 0.4) is 0 Å². The zero-order valence-corrected chi connectivity index (χ0v) is 16.1. The number of aliphatic carboxylic acids is 1. The van der Waals surface area contributed by atoms with E-state index in [1.165, 1.54) is 30.9 Å². The van der Waals surface area contributed by atoms with Crippen molar-refractivity contribution in [1.82, 2.24) is 14.7 Å². The maximum Gasteiger partial charge on any atom is 0.331 e. The predicted octanol–water partition coefficient (Wildman–Crippen LogP) is 2.07. The predicted molar refractivity (Wildman–Crippen MR) is 99.1 cm³/mol. The zero-order chi connectivity index (χ0) is 19.8. The first-order chi connectivity index (χ1) is 12.7. The molecule has 1 saturated carbocycles. The third kappa shape index (κ3) is 3.99. The van der Waals surface area contributed by atoms with E-state index in [2.05, 4.69) is 17.3 Å².